The first kappa shape index (κ1) is 14.9. The molecule has 0 aliphatic carbocycles. The van der Waals surface area contributed by atoms with E-state index in [0.717, 1.165) is 35.9 Å². The topological polar surface area (TPSA) is 22.0 Å². The first-order valence-electron chi connectivity index (χ1n) is 7.59. The fourth-order valence-electron chi connectivity index (χ4n) is 2.70. The maximum absolute atomic E-state index is 12.8. The quantitative estimate of drug-likeness (QED) is 0.584. The molecule has 0 saturated carbocycles. The summed E-state index contributed by atoms with van der Waals surface area (Å²) in [6, 6.07) is 15.2. The summed E-state index contributed by atoms with van der Waals surface area (Å²) in [5.74, 6) is 0.0446. The van der Waals surface area contributed by atoms with Crippen molar-refractivity contribution in [3.05, 3.63) is 70.9 Å². The van der Waals surface area contributed by atoms with Crippen LogP contribution < -0.4 is 0 Å². The van der Waals surface area contributed by atoms with Gasteiger partial charge in [0.1, 0.15) is 0 Å². The minimum Gasteiger partial charge on any atom is -0.347 e. The summed E-state index contributed by atoms with van der Waals surface area (Å²) < 4.78 is 2.18. The Balaban J connectivity index is 2.06. The zero-order valence-electron chi connectivity index (χ0n) is 12.6. The number of halogens is 1. The zero-order chi connectivity index (χ0) is 15.5. The predicted molar refractivity (Wildman–Crippen MR) is 91.7 cm³/mol. The Morgan fingerprint density at radius 1 is 1.09 bits per heavy atom. The van der Waals surface area contributed by atoms with Crippen LogP contribution in [0.4, 0.5) is 0 Å². The lowest BCUT2D eigenvalue weighted by Crippen LogP contribution is -2.00. The van der Waals surface area contributed by atoms with Crippen molar-refractivity contribution in [3.63, 3.8) is 0 Å². The third-order valence-electron chi connectivity index (χ3n) is 3.89. The van der Waals surface area contributed by atoms with E-state index in [1.54, 1.807) is 24.3 Å². The average molecular weight is 312 g/mol. The number of hydrogen-bond donors (Lipinski definition) is 0. The third-order valence-corrected chi connectivity index (χ3v) is 4.14. The number of ketones is 1. The van der Waals surface area contributed by atoms with Crippen LogP contribution in [0, 0.1) is 0 Å². The summed E-state index contributed by atoms with van der Waals surface area (Å²) >= 11 is 5.90. The van der Waals surface area contributed by atoms with Gasteiger partial charge in [0.25, 0.3) is 0 Å². The van der Waals surface area contributed by atoms with E-state index in [1.807, 2.05) is 24.4 Å². The average Bonchev–Trinajstić information content (AvgIpc) is 2.92. The summed E-state index contributed by atoms with van der Waals surface area (Å²) in [6.45, 7) is 3.11. The minimum atomic E-state index is 0.0446. The number of rotatable bonds is 5. The van der Waals surface area contributed by atoms with Gasteiger partial charge < -0.3 is 4.57 Å². The van der Waals surface area contributed by atoms with Crippen LogP contribution in [0.2, 0.25) is 5.02 Å². The van der Waals surface area contributed by atoms with Gasteiger partial charge in [0.2, 0.25) is 0 Å². The molecule has 3 heteroatoms. The number of nitrogens with zero attached hydrogens (tertiary/aromatic N) is 1. The molecule has 0 saturated heterocycles. The second-order valence-electron chi connectivity index (χ2n) is 5.44. The molecule has 0 amide bonds. The number of aromatic nitrogens is 1. The van der Waals surface area contributed by atoms with Crippen LogP contribution >= 0.6 is 11.6 Å². The van der Waals surface area contributed by atoms with E-state index in [-0.39, 0.29) is 5.78 Å². The van der Waals surface area contributed by atoms with Crippen molar-refractivity contribution in [3.8, 4) is 0 Å². The first-order chi connectivity index (χ1) is 10.7. The highest BCUT2D eigenvalue weighted by molar-refractivity contribution is 6.30. The second-order valence-corrected chi connectivity index (χ2v) is 5.88. The van der Waals surface area contributed by atoms with Crippen molar-refractivity contribution in [2.45, 2.75) is 26.3 Å². The van der Waals surface area contributed by atoms with Crippen molar-refractivity contribution in [1.82, 2.24) is 4.57 Å². The Kier molecular flexibility index (Phi) is 4.30. The van der Waals surface area contributed by atoms with Gasteiger partial charge in [-0.05, 0) is 36.8 Å². The molecule has 1 heterocycles. The van der Waals surface area contributed by atoms with E-state index in [9.17, 15) is 4.79 Å². The lowest BCUT2D eigenvalue weighted by atomic mass is 10.0. The van der Waals surface area contributed by atoms with Crippen LogP contribution in [-0.4, -0.2) is 10.4 Å². The number of unbranched alkanes of at least 4 members (excludes halogenated alkanes) is 1. The van der Waals surface area contributed by atoms with Gasteiger partial charge in [-0.3, -0.25) is 4.79 Å². The number of aryl methyl sites for hydroxylation is 1. The zero-order valence-corrected chi connectivity index (χ0v) is 13.3. The molecule has 1 aromatic heterocycles. The lowest BCUT2D eigenvalue weighted by Gasteiger charge is -2.02. The molecule has 2 nitrogen and oxygen atoms in total. The number of benzene rings is 2. The maximum Gasteiger partial charge on any atom is 0.195 e. The molecule has 2 aromatic carbocycles. The number of carbonyl (C=O) groups excluding carboxylic acids is 1. The van der Waals surface area contributed by atoms with Crippen LogP contribution in [0.5, 0.6) is 0 Å². The van der Waals surface area contributed by atoms with Crippen molar-refractivity contribution in [2.24, 2.45) is 0 Å². The molecule has 0 aliphatic heterocycles. The van der Waals surface area contributed by atoms with Gasteiger partial charge in [-0.15, -0.1) is 0 Å². The van der Waals surface area contributed by atoms with Crippen LogP contribution in [0.1, 0.15) is 35.7 Å². The molecule has 0 atom stereocenters. The van der Waals surface area contributed by atoms with Gasteiger partial charge in [0, 0.05) is 39.8 Å². The van der Waals surface area contributed by atoms with Crippen LogP contribution in [0.3, 0.4) is 0 Å². The van der Waals surface area contributed by atoms with Crippen LogP contribution in [0.25, 0.3) is 10.9 Å². The first-order valence-corrected chi connectivity index (χ1v) is 7.96. The predicted octanol–water partition coefficient (Wildman–Crippen LogP) is 5.33. The molecule has 0 fully saturated rings. The van der Waals surface area contributed by atoms with Crippen LogP contribution in [0.15, 0.2) is 54.7 Å². The van der Waals surface area contributed by atoms with Crippen molar-refractivity contribution in [1.29, 1.82) is 0 Å². The highest BCUT2D eigenvalue weighted by Crippen LogP contribution is 2.25. The van der Waals surface area contributed by atoms with E-state index < -0.39 is 0 Å². The van der Waals surface area contributed by atoms with Crippen LogP contribution in [-0.2, 0) is 6.54 Å². The summed E-state index contributed by atoms with van der Waals surface area (Å²) in [5.41, 5.74) is 2.55. The van der Waals surface area contributed by atoms with Crippen molar-refractivity contribution < 1.29 is 4.79 Å². The van der Waals surface area contributed by atoms with Gasteiger partial charge in [0.05, 0.1) is 0 Å². The Bertz CT molecular complexity index is 802. The summed E-state index contributed by atoms with van der Waals surface area (Å²) in [6.07, 6.45) is 4.22. The summed E-state index contributed by atoms with van der Waals surface area (Å²) in [5, 5.41) is 1.65. The van der Waals surface area contributed by atoms with Crippen molar-refractivity contribution >= 4 is 28.3 Å². The van der Waals surface area contributed by atoms with Crippen molar-refractivity contribution in [2.75, 3.05) is 0 Å². The third kappa shape index (κ3) is 2.79. The Labute approximate surface area is 135 Å². The summed E-state index contributed by atoms with van der Waals surface area (Å²) in [4.78, 5) is 12.8. The number of hydrogen-bond acceptors (Lipinski definition) is 1. The SMILES string of the molecule is CCCCn1cc(C(=O)c2ccc(Cl)cc2)c2ccccc21. The fraction of sp³-hybridized carbons (Fsp3) is 0.211. The monoisotopic (exact) mass is 311 g/mol. The molecule has 0 spiro atoms. The maximum atomic E-state index is 12.8. The highest BCUT2D eigenvalue weighted by atomic mass is 35.5. The van der Waals surface area contributed by atoms with E-state index in [1.165, 1.54) is 0 Å². The molecular weight excluding hydrogens is 294 g/mol. The molecule has 0 radical (unpaired) electrons. The van der Waals surface area contributed by atoms with E-state index in [2.05, 4.69) is 17.6 Å². The second kappa shape index (κ2) is 6.37. The largest absolute Gasteiger partial charge is 0.347 e. The number of para-hydroxylation sites is 1. The molecule has 0 N–H and O–H groups in total. The normalized spacial score (nSPS) is 11.0. The molecule has 0 bridgehead atoms. The summed E-state index contributed by atoms with van der Waals surface area (Å²) in [7, 11) is 0. The number of fused-ring (bicyclic) bond motifs is 1. The smallest absolute Gasteiger partial charge is 0.195 e. The molecule has 3 aromatic rings. The molecule has 22 heavy (non-hydrogen) atoms. The standard InChI is InChI=1S/C19H18ClNO/c1-2-3-12-21-13-17(16-6-4-5-7-18(16)21)19(22)14-8-10-15(20)11-9-14/h4-11,13H,2-3,12H2,1H3. The molecular formula is C19H18ClNO. The Morgan fingerprint density at radius 2 is 1.82 bits per heavy atom. The fourth-order valence-corrected chi connectivity index (χ4v) is 2.82. The van der Waals surface area contributed by atoms with Gasteiger partial charge in [-0.1, -0.05) is 43.1 Å². The molecule has 3 rings (SSSR count). The van der Waals surface area contributed by atoms with Gasteiger partial charge >= 0.3 is 0 Å². The lowest BCUT2D eigenvalue weighted by molar-refractivity contribution is 0.104. The van der Waals surface area contributed by atoms with E-state index in [0.29, 0.717) is 10.6 Å². The Morgan fingerprint density at radius 3 is 2.55 bits per heavy atom. The Hall–Kier alpha value is -2.06. The number of carbonyl (C=O) groups is 1. The highest BCUT2D eigenvalue weighted by Gasteiger charge is 2.16. The molecule has 112 valence electrons. The van der Waals surface area contributed by atoms with Gasteiger partial charge in [0.15, 0.2) is 5.78 Å². The van der Waals surface area contributed by atoms with Gasteiger partial charge in [-0.2, -0.15) is 0 Å². The molecule has 0 unspecified atom stereocenters. The molecule has 0 aliphatic rings. The minimum absolute atomic E-state index is 0.0446. The van der Waals surface area contributed by atoms with E-state index >= 15 is 0 Å². The van der Waals surface area contributed by atoms with Gasteiger partial charge in [-0.25, -0.2) is 0 Å². The van der Waals surface area contributed by atoms with E-state index in [4.69, 9.17) is 11.6 Å².